The minimum atomic E-state index is -0.180. The average Bonchev–Trinajstić information content (AvgIpc) is 3.08. The average molecular weight is 369 g/mol. The van der Waals surface area contributed by atoms with Crippen LogP contribution >= 0.6 is 0 Å². The van der Waals surface area contributed by atoms with Gasteiger partial charge in [-0.3, -0.25) is 4.79 Å². The van der Waals surface area contributed by atoms with Crippen LogP contribution in [0.3, 0.4) is 0 Å². The first-order chi connectivity index (χ1) is 12.8. The maximum absolute atomic E-state index is 12.3. The van der Waals surface area contributed by atoms with Gasteiger partial charge in [0.15, 0.2) is 0 Å². The topological polar surface area (TPSA) is 87.1 Å². The van der Waals surface area contributed by atoms with E-state index in [1.54, 1.807) is 14.1 Å². The molecule has 0 unspecified atom stereocenters. The molecule has 0 aromatic carbocycles. The zero-order chi connectivity index (χ0) is 19.7. The van der Waals surface area contributed by atoms with Crippen LogP contribution in [0.15, 0.2) is 6.20 Å². The van der Waals surface area contributed by atoms with Crippen molar-refractivity contribution < 1.29 is 4.79 Å². The zero-order valence-electron chi connectivity index (χ0n) is 16.9. The Bertz CT molecular complexity index is 865. The van der Waals surface area contributed by atoms with E-state index < -0.39 is 0 Å². The number of nitrogens with one attached hydrogen (secondary N) is 1. The Balaban J connectivity index is 1.80. The Morgan fingerprint density at radius 1 is 1.19 bits per heavy atom. The van der Waals surface area contributed by atoms with Crippen molar-refractivity contribution in [2.24, 2.45) is 0 Å². The third kappa shape index (κ3) is 3.99. The standard InChI is InChI=1S/C19H27N7O/c1-11-9-20-14(4)22-16(11)23-15-7-8-26(10-15)18-12(2)13(3)21-17(24-18)19(27)25(5)6/h9,15H,7-8,10H2,1-6H3,(H,20,22,23)/t15-/m1/s1. The van der Waals surface area contributed by atoms with Gasteiger partial charge in [0.25, 0.3) is 5.91 Å². The van der Waals surface area contributed by atoms with Crippen LogP contribution in [-0.2, 0) is 0 Å². The number of aryl methyl sites for hydroxylation is 3. The summed E-state index contributed by atoms with van der Waals surface area (Å²) in [5.41, 5.74) is 2.89. The SMILES string of the molecule is Cc1ncc(C)c(N[C@@H]2CCN(c3nc(C(=O)N(C)C)nc(C)c3C)C2)n1. The normalized spacial score (nSPS) is 16.5. The van der Waals surface area contributed by atoms with Crippen LogP contribution in [0.5, 0.6) is 0 Å². The Labute approximate surface area is 160 Å². The van der Waals surface area contributed by atoms with Crippen molar-refractivity contribution in [2.75, 3.05) is 37.4 Å². The van der Waals surface area contributed by atoms with E-state index in [-0.39, 0.29) is 17.8 Å². The number of amides is 1. The molecular formula is C19H27N7O. The van der Waals surface area contributed by atoms with Gasteiger partial charge in [-0.25, -0.2) is 19.9 Å². The minimum Gasteiger partial charge on any atom is -0.365 e. The summed E-state index contributed by atoms with van der Waals surface area (Å²) in [7, 11) is 3.42. The number of carbonyl (C=O) groups is 1. The fourth-order valence-electron chi connectivity index (χ4n) is 3.16. The third-order valence-electron chi connectivity index (χ3n) is 4.88. The molecule has 0 bridgehead atoms. The minimum absolute atomic E-state index is 0.180. The number of aromatic nitrogens is 4. The van der Waals surface area contributed by atoms with Crippen LogP contribution in [-0.4, -0.2) is 64.0 Å². The van der Waals surface area contributed by atoms with E-state index in [0.717, 1.165) is 53.8 Å². The Morgan fingerprint density at radius 3 is 2.63 bits per heavy atom. The third-order valence-corrected chi connectivity index (χ3v) is 4.88. The lowest BCUT2D eigenvalue weighted by atomic mass is 10.2. The highest BCUT2D eigenvalue weighted by Gasteiger charge is 2.27. The summed E-state index contributed by atoms with van der Waals surface area (Å²) in [6, 6.07) is 0.265. The molecule has 2 aromatic heterocycles. The molecule has 144 valence electrons. The van der Waals surface area contributed by atoms with Crippen molar-refractivity contribution in [2.45, 2.75) is 40.2 Å². The largest absolute Gasteiger partial charge is 0.365 e. The van der Waals surface area contributed by atoms with Crippen LogP contribution in [0.2, 0.25) is 0 Å². The van der Waals surface area contributed by atoms with Crippen LogP contribution < -0.4 is 10.2 Å². The highest BCUT2D eigenvalue weighted by atomic mass is 16.2. The first kappa shape index (κ1) is 19.0. The molecule has 1 fully saturated rings. The van der Waals surface area contributed by atoms with Gasteiger partial charge in [0.05, 0.1) is 0 Å². The lowest BCUT2D eigenvalue weighted by Crippen LogP contribution is -2.30. The molecule has 8 nitrogen and oxygen atoms in total. The second-order valence-corrected chi connectivity index (χ2v) is 7.31. The van der Waals surface area contributed by atoms with E-state index >= 15 is 0 Å². The lowest BCUT2D eigenvalue weighted by Gasteiger charge is -2.22. The van der Waals surface area contributed by atoms with Gasteiger partial charge < -0.3 is 15.1 Å². The first-order valence-corrected chi connectivity index (χ1v) is 9.15. The molecule has 3 heterocycles. The van der Waals surface area contributed by atoms with Crippen LogP contribution in [0.1, 0.15) is 39.7 Å². The van der Waals surface area contributed by atoms with Crippen LogP contribution in [0.25, 0.3) is 0 Å². The van der Waals surface area contributed by atoms with Crippen molar-refractivity contribution in [1.82, 2.24) is 24.8 Å². The summed E-state index contributed by atoms with van der Waals surface area (Å²) in [6.45, 7) is 9.50. The maximum Gasteiger partial charge on any atom is 0.291 e. The lowest BCUT2D eigenvalue weighted by molar-refractivity contribution is 0.0815. The van der Waals surface area contributed by atoms with E-state index in [1.165, 1.54) is 4.90 Å². The van der Waals surface area contributed by atoms with Gasteiger partial charge in [0, 0.05) is 56.2 Å². The second-order valence-electron chi connectivity index (χ2n) is 7.31. The Kier molecular flexibility index (Phi) is 5.25. The Morgan fingerprint density at radius 2 is 1.93 bits per heavy atom. The summed E-state index contributed by atoms with van der Waals surface area (Å²) < 4.78 is 0. The second kappa shape index (κ2) is 7.46. The van der Waals surface area contributed by atoms with E-state index in [2.05, 4.69) is 30.2 Å². The molecule has 1 atom stereocenters. The van der Waals surface area contributed by atoms with E-state index in [9.17, 15) is 4.79 Å². The van der Waals surface area contributed by atoms with Crippen molar-refractivity contribution in [1.29, 1.82) is 0 Å². The monoisotopic (exact) mass is 369 g/mol. The summed E-state index contributed by atoms with van der Waals surface area (Å²) in [5.74, 6) is 2.55. The Hall–Kier alpha value is -2.77. The maximum atomic E-state index is 12.3. The van der Waals surface area contributed by atoms with Gasteiger partial charge in [-0.2, -0.15) is 0 Å². The molecule has 1 amide bonds. The predicted octanol–water partition coefficient (Wildman–Crippen LogP) is 1.89. The summed E-state index contributed by atoms with van der Waals surface area (Å²) in [5, 5.41) is 3.53. The van der Waals surface area contributed by atoms with E-state index in [1.807, 2.05) is 33.9 Å². The van der Waals surface area contributed by atoms with Crippen molar-refractivity contribution in [3.05, 3.63) is 34.7 Å². The highest BCUT2D eigenvalue weighted by molar-refractivity contribution is 5.90. The van der Waals surface area contributed by atoms with Crippen molar-refractivity contribution in [3.8, 4) is 0 Å². The summed E-state index contributed by atoms with van der Waals surface area (Å²) >= 11 is 0. The molecule has 1 saturated heterocycles. The van der Waals surface area contributed by atoms with Gasteiger partial charge in [-0.05, 0) is 34.1 Å². The van der Waals surface area contributed by atoms with Gasteiger partial charge in [-0.1, -0.05) is 0 Å². The molecule has 1 aliphatic heterocycles. The molecule has 2 aromatic rings. The molecular weight excluding hydrogens is 342 g/mol. The van der Waals surface area contributed by atoms with Gasteiger partial charge in [0.2, 0.25) is 5.82 Å². The molecule has 0 aliphatic carbocycles. The molecule has 1 aliphatic rings. The van der Waals surface area contributed by atoms with Crippen LogP contribution in [0, 0.1) is 27.7 Å². The van der Waals surface area contributed by atoms with Crippen LogP contribution in [0.4, 0.5) is 11.6 Å². The van der Waals surface area contributed by atoms with E-state index in [4.69, 9.17) is 0 Å². The highest BCUT2D eigenvalue weighted by Crippen LogP contribution is 2.25. The van der Waals surface area contributed by atoms with Crippen molar-refractivity contribution in [3.63, 3.8) is 0 Å². The smallest absolute Gasteiger partial charge is 0.291 e. The van der Waals surface area contributed by atoms with Gasteiger partial charge >= 0.3 is 0 Å². The molecule has 8 heteroatoms. The summed E-state index contributed by atoms with van der Waals surface area (Å²) in [4.78, 5) is 33.7. The van der Waals surface area contributed by atoms with Gasteiger partial charge in [0.1, 0.15) is 17.5 Å². The number of nitrogens with zero attached hydrogens (tertiary/aromatic N) is 6. The molecule has 0 radical (unpaired) electrons. The fourth-order valence-corrected chi connectivity index (χ4v) is 3.16. The molecule has 3 rings (SSSR count). The number of carbonyl (C=O) groups excluding carboxylic acids is 1. The van der Waals surface area contributed by atoms with Gasteiger partial charge in [-0.15, -0.1) is 0 Å². The number of hydrogen-bond donors (Lipinski definition) is 1. The summed E-state index contributed by atoms with van der Waals surface area (Å²) in [6.07, 6.45) is 2.82. The molecule has 0 spiro atoms. The molecule has 27 heavy (non-hydrogen) atoms. The fraction of sp³-hybridized carbons (Fsp3) is 0.526. The molecule has 0 saturated carbocycles. The number of rotatable bonds is 4. The molecule has 1 N–H and O–H groups in total. The number of hydrogen-bond acceptors (Lipinski definition) is 7. The number of anilines is 2. The predicted molar refractivity (Wildman–Crippen MR) is 105 cm³/mol. The van der Waals surface area contributed by atoms with E-state index in [0.29, 0.717) is 0 Å². The van der Waals surface area contributed by atoms with Crippen molar-refractivity contribution >= 4 is 17.5 Å². The quantitative estimate of drug-likeness (QED) is 0.880. The first-order valence-electron chi connectivity index (χ1n) is 9.15. The zero-order valence-corrected chi connectivity index (χ0v) is 16.9.